The molecule has 178 valence electrons. The molecule has 0 aromatic heterocycles. The highest BCUT2D eigenvalue weighted by molar-refractivity contribution is 5.57. The first-order valence-corrected chi connectivity index (χ1v) is 12.7. The van der Waals surface area contributed by atoms with Gasteiger partial charge < -0.3 is 14.4 Å². The van der Waals surface area contributed by atoms with E-state index in [-0.39, 0.29) is 0 Å². The van der Waals surface area contributed by atoms with Crippen molar-refractivity contribution in [3.05, 3.63) is 90.0 Å². The average molecular weight is 457 g/mol. The number of anilines is 1. The van der Waals surface area contributed by atoms with Gasteiger partial charge in [0.05, 0.1) is 13.2 Å². The summed E-state index contributed by atoms with van der Waals surface area (Å²) in [7, 11) is 1.73. The van der Waals surface area contributed by atoms with Gasteiger partial charge in [0.15, 0.2) is 11.5 Å². The van der Waals surface area contributed by atoms with Crippen LogP contribution in [0, 0.1) is 0 Å². The van der Waals surface area contributed by atoms with E-state index in [0.717, 1.165) is 56.9 Å². The first kappa shape index (κ1) is 22.8. The van der Waals surface area contributed by atoms with Crippen LogP contribution in [0.25, 0.3) is 0 Å². The predicted octanol–water partition coefficient (Wildman–Crippen LogP) is 5.95. The van der Waals surface area contributed by atoms with Crippen molar-refractivity contribution in [3.63, 3.8) is 0 Å². The molecule has 5 rings (SSSR count). The minimum absolute atomic E-state index is 0.317. The van der Waals surface area contributed by atoms with Gasteiger partial charge in [0.1, 0.15) is 0 Å². The molecular formula is C30H36N2O2. The van der Waals surface area contributed by atoms with E-state index in [1.165, 1.54) is 29.7 Å². The predicted molar refractivity (Wildman–Crippen MR) is 139 cm³/mol. The SMILES string of the molecule is COc1ccc(N2CCN(Cc3ccccc3)[C@@H](Cc3ccccc3)C2)cc1OC1CCCC1. The molecule has 3 aromatic rings. The molecule has 34 heavy (non-hydrogen) atoms. The van der Waals surface area contributed by atoms with E-state index in [9.17, 15) is 0 Å². The Morgan fingerprint density at radius 2 is 1.50 bits per heavy atom. The molecular weight excluding hydrogens is 420 g/mol. The van der Waals surface area contributed by atoms with Crippen molar-refractivity contribution in [2.45, 2.75) is 50.8 Å². The Kier molecular flexibility index (Phi) is 7.35. The topological polar surface area (TPSA) is 24.9 Å². The molecule has 0 amide bonds. The molecule has 4 heteroatoms. The van der Waals surface area contributed by atoms with Crippen LogP contribution < -0.4 is 14.4 Å². The summed E-state index contributed by atoms with van der Waals surface area (Å²) in [6.07, 6.45) is 6.17. The van der Waals surface area contributed by atoms with Gasteiger partial charge in [-0.1, -0.05) is 60.7 Å². The Morgan fingerprint density at radius 3 is 2.21 bits per heavy atom. The number of methoxy groups -OCH3 is 1. The maximum atomic E-state index is 6.39. The van der Waals surface area contributed by atoms with E-state index >= 15 is 0 Å². The monoisotopic (exact) mass is 456 g/mol. The van der Waals surface area contributed by atoms with E-state index in [2.05, 4.69) is 88.7 Å². The summed E-state index contributed by atoms with van der Waals surface area (Å²) in [5.74, 6) is 1.72. The molecule has 1 saturated carbocycles. The molecule has 0 radical (unpaired) electrons. The van der Waals surface area contributed by atoms with E-state index in [1.54, 1.807) is 7.11 Å². The maximum Gasteiger partial charge on any atom is 0.163 e. The highest BCUT2D eigenvalue weighted by Crippen LogP contribution is 2.36. The molecule has 2 fully saturated rings. The number of ether oxygens (including phenoxy) is 2. The summed E-state index contributed by atoms with van der Waals surface area (Å²) in [6, 6.07) is 28.6. The number of piperazine rings is 1. The van der Waals surface area contributed by atoms with Crippen LogP contribution in [0.5, 0.6) is 11.5 Å². The minimum Gasteiger partial charge on any atom is -0.493 e. The number of hydrogen-bond acceptors (Lipinski definition) is 4. The Morgan fingerprint density at radius 1 is 0.794 bits per heavy atom. The van der Waals surface area contributed by atoms with Gasteiger partial charge in [0.2, 0.25) is 0 Å². The zero-order valence-corrected chi connectivity index (χ0v) is 20.2. The van der Waals surface area contributed by atoms with Crippen LogP contribution in [0.1, 0.15) is 36.8 Å². The fourth-order valence-corrected chi connectivity index (χ4v) is 5.37. The lowest BCUT2D eigenvalue weighted by Crippen LogP contribution is -2.53. The van der Waals surface area contributed by atoms with Crippen molar-refractivity contribution in [1.29, 1.82) is 0 Å². The molecule has 1 aliphatic heterocycles. The Labute approximate surface area is 204 Å². The van der Waals surface area contributed by atoms with Crippen molar-refractivity contribution < 1.29 is 9.47 Å². The summed E-state index contributed by atoms with van der Waals surface area (Å²) in [5, 5.41) is 0. The average Bonchev–Trinajstić information content (AvgIpc) is 3.39. The summed E-state index contributed by atoms with van der Waals surface area (Å²) < 4.78 is 12.0. The zero-order valence-electron chi connectivity index (χ0n) is 20.2. The Bertz CT molecular complexity index is 1030. The fourth-order valence-electron chi connectivity index (χ4n) is 5.37. The second-order valence-electron chi connectivity index (χ2n) is 9.61. The molecule has 0 unspecified atom stereocenters. The van der Waals surface area contributed by atoms with Gasteiger partial charge in [-0.25, -0.2) is 0 Å². The van der Waals surface area contributed by atoms with Crippen molar-refractivity contribution in [2.75, 3.05) is 31.6 Å². The number of hydrogen-bond donors (Lipinski definition) is 0. The molecule has 2 aliphatic rings. The van der Waals surface area contributed by atoms with Gasteiger partial charge in [-0.15, -0.1) is 0 Å². The first-order chi connectivity index (χ1) is 16.8. The van der Waals surface area contributed by atoms with Gasteiger partial charge in [-0.05, 0) is 55.4 Å². The van der Waals surface area contributed by atoms with E-state index < -0.39 is 0 Å². The lowest BCUT2D eigenvalue weighted by Gasteiger charge is -2.43. The minimum atomic E-state index is 0.317. The molecule has 1 heterocycles. The lowest BCUT2D eigenvalue weighted by molar-refractivity contribution is 0.167. The van der Waals surface area contributed by atoms with Gasteiger partial charge in [-0.3, -0.25) is 4.90 Å². The number of nitrogens with zero attached hydrogens (tertiary/aromatic N) is 2. The highest BCUT2D eigenvalue weighted by Gasteiger charge is 2.28. The quantitative estimate of drug-likeness (QED) is 0.418. The smallest absolute Gasteiger partial charge is 0.163 e. The van der Waals surface area contributed by atoms with Crippen molar-refractivity contribution in [2.24, 2.45) is 0 Å². The van der Waals surface area contributed by atoms with Gasteiger partial charge in [0, 0.05) is 44.0 Å². The third kappa shape index (κ3) is 5.56. The van der Waals surface area contributed by atoms with Crippen LogP contribution in [0.3, 0.4) is 0 Å². The standard InChI is InChI=1S/C30H36N2O2/c1-33-29-17-16-26(21-30(29)34-28-14-8-9-15-28)32-19-18-31(22-25-12-6-3-7-13-25)27(23-32)20-24-10-4-2-5-11-24/h2-7,10-13,16-17,21,27-28H,8-9,14-15,18-20,22-23H2,1H3/t27-/m0/s1. The normalized spacial score (nSPS) is 19.3. The van der Waals surface area contributed by atoms with Crippen LogP contribution in [-0.2, 0) is 13.0 Å². The number of rotatable bonds is 8. The van der Waals surface area contributed by atoms with Crippen LogP contribution in [0.15, 0.2) is 78.9 Å². The third-order valence-electron chi connectivity index (χ3n) is 7.26. The molecule has 1 atom stereocenters. The van der Waals surface area contributed by atoms with Crippen LogP contribution in [0.4, 0.5) is 5.69 Å². The van der Waals surface area contributed by atoms with Crippen LogP contribution in [-0.4, -0.2) is 43.8 Å². The first-order valence-electron chi connectivity index (χ1n) is 12.7. The third-order valence-corrected chi connectivity index (χ3v) is 7.26. The van der Waals surface area contributed by atoms with Gasteiger partial charge >= 0.3 is 0 Å². The highest BCUT2D eigenvalue weighted by atomic mass is 16.5. The molecule has 0 bridgehead atoms. The molecule has 0 N–H and O–H groups in total. The van der Waals surface area contributed by atoms with Gasteiger partial charge in [-0.2, -0.15) is 0 Å². The van der Waals surface area contributed by atoms with E-state index in [0.29, 0.717) is 12.1 Å². The van der Waals surface area contributed by atoms with Crippen molar-refractivity contribution in [3.8, 4) is 11.5 Å². The largest absolute Gasteiger partial charge is 0.493 e. The van der Waals surface area contributed by atoms with Crippen molar-refractivity contribution in [1.82, 2.24) is 4.90 Å². The van der Waals surface area contributed by atoms with Crippen molar-refractivity contribution >= 4 is 5.69 Å². The van der Waals surface area contributed by atoms with E-state index in [4.69, 9.17) is 9.47 Å². The molecule has 3 aromatic carbocycles. The number of benzene rings is 3. The molecule has 1 aliphatic carbocycles. The summed E-state index contributed by atoms with van der Waals surface area (Å²) in [6.45, 7) is 4.03. The summed E-state index contributed by atoms with van der Waals surface area (Å²) in [5.41, 5.74) is 4.00. The Hall–Kier alpha value is -2.98. The maximum absolute atomic E-state index is 6.39. The van der Waals surface area contributed by atoms with E-state index in [1.807, 2.05) is 0 Å². The zero-order chi connectivity index (χ0) is 23.2. The fraction of sp³-hybridized carbons (Fsp3) is 0.400. The second-order valence-corrected chi connectivity index (χ2v) is 9.61. The van der Waals surface area contributed by atoms with Gasteiger partial charge in [0.25, 0.3) is 0 Å². The Balaban J connectivity index is 1.35. The molecule has 0 spiro atoms. The second kappa shape index (κ2) is 11.0. The lowest BCUT2D eigenvalue weighted by atomic mass is 10.0. The van der Waals surface area contributed by atoms with Crippen LogP contribution >= 0.6 is 0 Å². The molecule has 1 saturated heterocycles. The summed E-state index contributed by atoms with van der Waals surface area (Å²) in [4.78, 5) is 5.17. The molecule has 4 nitrogen and oxygen atoms in total. The summed E-state index contributed by atoms with van der Waals surface area (Å²) >= 11 is 0. The van der Waals surface area contributed by atoms with Crippen LogP contribution in [0.2, 0.25) is 0 Å².